The number of hydrogen-bond donors (Lipinski definition) is 1. The third kappa shape index (κ3) is 3.70. The summed E-state index contributed by atoms with van der Waals surface area (Å²) in [4.78, 5) is 11.5. The molecule has 0 spiro atoms. The molecule has 0 radical (unpaired) electrons. The molecule has 0 amide bonds. The Balaban J connectivity index is 2.09. The molecule has 0 saturated carbocycles. The topological polar surface area (TPSA) is 70.1 Å². The van der Waals surface area contributed by atoms with Crippen molar-refractivity contribution in [3.8, 4) is 5.69 Å². The Morgan fingerprint density at radius 2 is 2.00 bits per heavy atom. The van der Waals surface area contributed by atoms with Gasteiger partial charge in [0.2, 0.25) is 0 Å². The highest BCUT2D eigenvalue weighted by atomic mass is 16.5. The zero-order chi connectivity index (χ0) is 15.4. The molecule has 2 rings (SSSR count). The number of rotatable bonds is 5. The van der Waals surface area contributed by atoms with Crippen LogP contribution in [0.3, 0.4) is 0 Å². The van der Waals surface area contributed by atoms with Crippen LogP contribution in [0.5, 0.6) is 0 Å². The van der Waals surface area contributed by atoms with Crippen LogP contribution in [0.25, 0.3) is 5.69 Å². The number of aryl methyl sites for hydroxylation is 2. The Hall–Kier alpha value is -2.14. The third-order valence-electron chi connectivity index (χ3n) is 3.24. The number of ether oxygens (including phenoxy) is 1. The van der Waals surface area contributed by atoms with Crippen molar-refractivity contribution in [1.82, 2.24) is 9.78 Å². The minimum atomic E-state index is -0.621. The molecule has 1 aromatic carbocycles. The molecule has 0 aliphatic carbocycles. The number of nitrogens with zero attached hydrogens (tertiary/aromatic N) is 2. The van der Waals surface area contributed by atoms with Gasteiger partial charge in [0.25, 0.3) is 0 Å². The average molecular weight is 287 g/mol. The molecular formula is C16H21N3O2. The van der Waals surface area contributed by atoms with Gasteiger partial charge in [-0.25, -0.2) is 4.68 Å². The van der Waals surface area contributed by atoms with Gasteiger partial charge in [-0.3, -0.25) is 4.79 Å². The van der Waals surface area contributed by atoms with E-state index in [-0.39, 0.29) is 5.97 Å². The first-order chi connectivity index (χ1) is 10.0. The van der Waals surface area contributed by atoms with E-state index in [0.29, 0.717) is 13.0 Å². The number of carbonyl (C=O) groups excluding carboxylic acids is 1. The lowest BCUT2D eigenvalue weighted by atomic mass is 10.1. The summed E-state index contributed by atoms with van der Waals surface area (Å²) >= 11 is 0. The van der Waals surface area contributed by atoms with Gasteiger partial charge in [-0.1, -0.05) is 12.1 Å². The van der Waals surface area contributed by atoms with Crippen molar-refractivity contribution in [3.05, 3.63) is 47.3 Å². The van der Waals surface area contributed by atoms with Gasteiger partial charge in [0.05, 0.1) is 18.0 Å². The minimum absolute atomic E-state index is 0.351. The Morgan fingerprint density at radius 1 is 1.33 bits per heavy atom. The van der Waals surface area contributed by atoms with Crippen molar-refractivity contribution in [1.29, 1.82) is 0 Å². The van der Waals surface area contributed by atoms with Gasteiger partial charge in [0.15, 0.2) is 0 Å². The van der Waals surface area contributed by atoms with E-state index in [1.165, 1.54) is 0 Å². The van der Waals surface area contributed by atoms with E-state index in [9.17, 15) is 4.79 Å². The molecule has 1 unspecified atom stereocenters. The maximum atomic E-state index is 11.5. The maximum Gasteiger partial charge on any atom is 0.323 e. The molecule has 0 saturated heterocycles. The standard InChI is InChI=1S/C16H21N3O2/c1-4-21-16(20)15(17)10-13-5-7-14(8-6-13)19-12(3)9-11(2)18-19/h5-9,15H,4,10,17H2,1-3H3. The molecule has 1 aromatic heterocycles. The van der Waals surface area contributed by atoms with Gasteiger partial charge < -0.3 is 10.5 Å². The summed E-state index contributed by atoms with van der Waals surface area (Å²) in [5, 5.41) is 4.44. The summed E-state index contributed by atoms with van der Waals surface area (Å²) in [6.07, 6.45) is 0.468. The van der Waals surface area contributed by atoms with Crippen LogP contribution in [0.2, 0.25) is 0 Å². The third-order valence-corrected chi connectivity index (χ3v) is 3.24. The van der Waals surface area contributed by atoms with Crippen molar-refractivity contribution >= 4 is 5.97 Å². The first-order valence-electron chi connectivity index (χ1n) is 7.06. The number of benzene rings is 1. The summed E-state index contributed by atoms with van der Waals surface area (Å²) in [6.45, 7) is 6.11. The first-order valence-corrected chi connectivity index (χ1v) is 7.06. The fourth-order valence-electron chi connectivity index (χ4n) is 2.25. The number of carbonyl (C=O) groups is 1. The molecule has 2 N–H and O–H groups in total. The molecular weight excluding hydrogens is 266 g/mol. The number of nitrogens with two attached hydrogens (primary N) is 1. The van der Waals surface area contributed by atoms with E-state index >= 15 is 0 Å². The van der Waals surface area contributed by atoms with E-state index in [0.717, 1.165) is 22.6 Å². The minimum Gasteiger partial charge on any atom is -0.465 e. The quantitative estimate of drug-likeness (QED) is 0.853. The van der Waals surface area contributed by atoms with Crippen molar-refractivity contribution in [2.24, 2.45) is 5.73 Å². The normalized spacial score (nSPS) is 12.2. The molecule has 0 fully saturated rings. The van der Waals surface area contributed by atoms with Crippen LogP contribution in [-0.4, -0.2) is 28.4 Å². The highest BCUT2D eigenvalue weighted by Crippen LogP contribution is 2.14. The zero-order valence-corrected chi connectivity index (χ0v) is 12.7. The van der Waals surface area contributed by atoms with Crippen LogP contribution in [-0.2, 0) is 16.0 Å². The second-order valence-corrected chi connectivity index (χ2v) is 5.07. The lowest BCUT2D eigenvalue weighted by Gasteiger charge is -2.11. The van der Waals surface area contributed by atoms with Crippen LogP contribution in [0.4, 0.5) is 0 Å². The van der Waals surface area contributed by atoms with Crippen LogP contribution in [0, 0.1) is 13.8 Å². The van der Waals surface area contributed by atoms with E-state index in [2.05, 4.69) is 5.10 Å². The maximum absolute atomic E-state index is 11.5. The molecule has 5 nitrogen and oxygen atoms in total. The van der Waals surface area contributed by atoms with Crippen LogP contribution in [0.1, 0.15) is 23.9 Å². The van der Waals surface area contributed by atoms with Gasteiger partial charge in [-0.2, -0.15) is 5.10 Å². The number of hydrogen-bond acceptors (Lipinski definition) is 4. The summed E-state index contributed by atoms with van der Waals surface area (Å²) in [5.41, 5.74) is 9.89. The van der Waals surface area contributed by atoms with Crippen LogP contribution >= 0.6 is 0 Å². The van der Waals surface area contributed by atoms with Crippen LogP contribution in [0.15, 0.2) is 30.3 Å². The monoisotopic (exact) mass is 287 g/mol. The van der Waals surface area contributed by atoms with Gasteiger partial charge in [-0.05, 0) is 51.0 Å². The summed E-state index contributed by atoms with van der Waals surface area (Å²) in [5.74, 6) is -0.361. The lowest BCUT2D eigenvalue weighted by Crippen LogP contribution is -2.34. The fourth-order valence-corrected chi connectivity index (χ4v) is 2.25. The molecule has 21 heavy (non-hydrogen) atoms. The zero-order valence-electron chi connectivity index (χ0n) is 12.7. The summed E-state index contributed by atoms with van der Waals surface area (Å²) in [6, 6.07) is 9.30. The van der Waals surface area contributed by atoms with Crippen molar-refractivity contribution in [2.45, 2.75) is 33.2 Å². The Kier molecular flexibility index (Phi) is 4.75. The molecule has 0 aliphatic heterocycles. The fraction of sp³-hybridized carbons (Fsp3) is 0.375. The van der Waals surface area contributed by atoms with Gasteiger partial charge in [0, 0.05) is 5.69 Å². The molecule has 2 aromatic rings. The highest BCUT2D eigenvalue weighted by molar-refractivity contribution is 5.75. The van der Waals surface area contributed by atoms with Crippen molar-refractivity contribution in [3.63, 3.8) is 0 Å². The molecule has 112 valence electrons. The number of esters is 1. The van der Waals surface area contributed by atoms with E-state index in [1.54, 1.807) is 6.92 Å². The SMILES string of the molecule is CCOC(=O)C(N)Cc1ccc(-n2nc(C)cc2C)cc1. The Labute approximate surface area is 124 Å². The predicted octanol–water partition coefficient (Wildman–Crippen LogP) is 1.92. The molecule has 1 atom stereocenters. The van der Waals surface area contributed by atoms with E-state index in [1.807, 2.05) is 48.9 Å². The number of aromatic nitrogens is 2. The second-order valence-electron chi connectivity index (χ2n) is 5.07. The van der Waals surface area contributed by atoms with Gasteiger partial charge >= 0.3 is 5.97 Å². The Bertz CT molecular complexity index is 617. The van der Waals surface area contributed by atoms with E-state index < -0.39 is 6.04 Å². The molecule has 0 aliphatic rings. The van der Waals surface area contributed by atoms with Crippen LogP contribution < -0.4 is 5.73 Å². The molecule has 1 heterocycles. The predicted molar refractivity (Wildman–Crippen MR) is 81.4 cm³/mol. The van der Waals surface area contributed by atoms with Gasteiger partial charge in [0.1, 0.15) is 6.04 Å². The second kappa shape index (κ2) is 6.54. The lowest BCUT2D eigenvalue weighted by molar-refractivity contribution is -0.144. The van der Waals surface area contributed by atoms with Crippen molar-refractivity contribution in [2.75, 3.05) is 6.61 Å². The summed E-state index contributed by atoms with van der Waals surface area (Å²) < 4.78 is 6.80. The average Bonchev–Trinajstić information content (AvgIpc) is 2.79. The largest absolute Gasteiger partial charge is 0.465 e. The van der Waals surface area contributed by atoms with Gasteiger partial charge in [-0.15, -0.1) is 0 Å². The molecule has 0 bridgehead atoms. The smallest absolute Gasteiger partial charge is 0.323 e. The summed E-state index contributed by atoms with van der Waals surface area (Å²) in [7, 11) is 0. The van der Waals surface area contributed by atoms with Crippen molar-refractivity contribution < 1.29 is 9.53 Å². The van der Waals surface area contributed by atoms with E-state index in [4.69, 9.17) is 10.5 Å². The Morgan fingerprint density at radius 3 is 2.52 bits per heavy atom. The first kappa shape index (κ1) is 15.3. The highest BCUT2D eigenvalue weighted by Gasteiger charge is 2.15. The molecule has 5 heteroatoms.